The molecule has 0 saturated heterocycles. The van der Waals surface area contributed by atoms with E-state index in [1.165, 1.54) is 10.3 Å². The van der Waals surface area contributed by atoms with Crippen molar-refractivity contribution in [2.45, 2.75) is 6.92 Å². The summed E-state index contributed by atoms with van der Waals surface area (Å²) in [5, 5.41) is 3.40. The molecule has 0 saturated carbocycles. The van der Waals surface area contributed by atoms with E-state index in [1.54, 1.807) is 11.3 Å². The molecule has 0 fully saturated rings. The Bertz CT molecular complexity index is 1490. The fourth-order valence-corrected chi connectivity index (χ4v) is 4.30. The maximum atomic E-state index is 9.75. The second kappa shape index (κ2) is 9.37. The first kappa shape index (κ1) is 23.0. The number of halogens is 5. The predicted octanol–water partition coefficient (Wildman–Crippen LogP) is 7.62. The number of H-pyrrole nitrogens is 1. The lowest BCUT2D eigenvalue weighted by molar-refractivity contribution is -0.323. The zero-order valence-electron chi connectivity index (χ0n) is 17.2. The molecule has 5 aromatic rings. The number of nitrogens with one attached hydrogen (secondary N) is 1. The van der Waals surface area contributed by atoms with Gasteiger partial charge in [-0.2, -0.15) is 0 Å². The van der Waals surface area contributed by atoms with Crippen LogP contribution in [0.4, 0.5) is 22.4 Å². The molecular weight excluding hydrogens is 475 g/mol. The van der Waals surface area contributed by atoms with Crippen LogP contribution >= 0.6 is 22.9 Å². The Labute approximate surface area is 195 Å². The van der Waals surface area contributed by atoms with Crippen LogP contribution in [-0.2, 0) is 0 Å². The van der Waals surface area contributed by atoms with Crippen LogP contribution in [0.15, 0.2) is 82.2 Å². The predicted molar refractivity (Wildman–Crippen MR) is 125 cm³/mol. The summed E-state index contributed by atoms with van der Waals surface area (Å²) >= 11 is 7.68. The van der Waals surface area contributed by atoms with Gasteiger partial charge in [-0.3, -0.25) is 0 Å². The van der Waals surface area contributed by atoms with E-state index in [1.807, 2.05) is 54.6 Å². The Morgan fingerprint density at radius 1 is 0.939 bits per heavy atom. The minimum absolute atomic E-state index is 0.699. The summed E-state index contributed by atoms with van der Waals surface area (Å²) in [4.78, 5) is 8.32. The monoisotopic (exact) mass is 490 g/mol. The number of hydrogen-bond acceptors (Lipinski definition) is 3. The summed E-state index contributed by atoms with van der Waals surface area (Å²) in [6.45, 7) is 2.10. The number of benzene rings is 3. The van der Waals surface area contributed by atoms with Crippen molar-refractivity contribution < 1.29 is 26.7 Å². The molecular formula is C23H16BClF4N2OS. The number of fused-ring (bicyclic) bond motifs is 2. The summed E-state index contributed by atoms with van der Waals surface area (Å²) in [6, 6.07) is 23.9. The van der Waals surface area contributed by atoms with E-state index in [0.717, 1.165) is 38.3 Å². The van der Waals surface area contributed by atoms with Gasteiger partial charge in [0.15, 0.2) is 5.36 Å². The lowest BCUT2D eigenvalue weighted by atomic mass is 10.1. The second-order valence-corrected chi connectivity index (χ2v) is 8.60. The third kappa shape index (κ3) is 6.00. The lowest BCUT2D eigenvalue weighted by Crippen LogP contribution is -2.05. The molecule has 0 unspecified atom stereocenters. The van der Waals surface area contributed by atoms with Crippen molar-refractivity contribution >= 4 is 56.5 Å². The van der Waals surface area contributed by atoms with Crippen LogP contribution < -0.4 is 10.3 Å². The second-order valence-electron chi connectivity index (χ2n) is 7.14. The molecule has 1 N–H and O–H groups in total. The van der Waals surface area contributed by atoms with Gasteiger partial charge in [0.25, 0.3) is 0 Å². The molecule has 0 bridgehead atoms. The highest BCUT2D eigenvalue weighted by atomic mass is 35.5. The first-order chi connectivity index (χ1) is 15.7. The van der Waals surface area contributed by atoms with Crippen molar-refractivity contribution in [1.29, 1.82) is 0 Å². The van der Waals surface area contributed by atoms with E-state index in [-0.39, 0.29) is 0 Å². The SMILES string of the molecule is Cc1ccc2[nH+]c(N=c3cc(-c4ccc(Cl)cc4)oc4ccccc34)sc2c1.F[B-](F)(F)F. The summed E-state index contributed by atoms with van der Waals surface area (Å²) < 4.78 is 46.3. The quantitative estimate of drug-likeness (QED) is 0.185. The number of nitrogens with zero attached hydrogens (tertiary/aromatic N) is 1. The number of para-hydroxylation sites is 1. The summed E-state index contributed by atoms with van der Waals surface area (Å²) in [5.74, 6) is 0.756. The molecule has 0 aliphatic carbocycles. The van der Waals surface area contributed by atoms with Gasteiger partial charge < -0.3 is 21.7 Å². The fourth-order valence-electron chi connectivity index (χ4n) is 3.19. The van der Waals surface area contributed by atoms with Gasteiger partial charge in [0, 0.05) is 16.7 Å². The molecule has 2 heterocycles. The molecule has 0 radical (unpaired) electrons. The van der Waals surface area contributed by atoms with Gasteiger partial charge >= 0.3 is 12.4 Å². The van der Waals surface area contributed by atoms with Gasteiger partial charge in [-0.05, 0) is 77.3 Å². The minimum Gasteiger partial charge on any atom is -0.456 e. The Hall–Kier alpha value is -3.17. The van der Waals surface area contributed by atoms with Crippen LogP contribution in [0.1, 0.15) is 5.56 Å². The van der Waals surface area contributed by atoms with Crippen LogP contribution in [0.5, 0.6) is 0 Å². The van der Waals surface area contributed by atoms with E-state index >= 15 is 0 Å². The Balaban J connectivity index is 0.000000471. The topological polar surface area (TPSA) is 39.6 Å². The molecule has 10 heteroatoms. The molecule has 0 atom stereocenters. The smallest absolute Gasteiger partial charge is 0.456 e. The molecule has 3 aromatic carbocycles. The Kier molecular flexibility index (Phi) is 6.53. The fraction of sp³-hybridized carbons (Fsp3) is 0.0435. The number of hydrogen-bond donors (Lipinski definition) is 0. The Morgan fingerprint density at radius 2 is 1.64 bits per heavy atom. The van der Waals surface area contributed by atoms with Gasteiger partial charge in [0.1, 0.15) is 16.9 Å². The molecule has 2 aromatic heterocycles. The largest absolute Gasteiger partial charge is 0.673 e. The Morgan fingerprint density at radius 3 is 2.36 bits per heavy atom. The van der Waals surface area contributed by atoms with E-state index in [9.17, 15) is 17.3 Å². The number of aromatic amines is 1. The van der Waals surface area contributed by atoms with Gasteiger partial charge in [-0.15, -0.1) is 0 Å². The van der Waals surface area contributed by atoms with Crippen LogP contribution in [0.2, 0.25) is 5.02 Å². The molecule has 5 rings (SSSR count). The average Bonchev–Trinajstić information content (AvgIpc) is 3.14. The van der Waals surface area contributed by atoms with Crippen molar-refractivity contribution in [3.05, 3.63) is 88.7 Å². The van der Waals surface area contributed by atoms with Gasteiger partial charge in [0.05, 0.1) is 10.1 Å². The summed E-state index contributed by atoms with van der Waals surface area (Å²) in [6.07, 6.45) is 0. The van der Waals surface area contributed by atoms with Gasteiger partial charge in [-0.1, -0.05) is 29.8 Å². The zero-order valence-corrected chi connectivity index (χ0v) is 18.7. The normalized spacial score (nSPS) is 12.1. The maximum absolute atomic E-state index is 9.75. The third-order valence-corrected chi connectivity index (χ3v) is 5.78. The van der Waals surface area contributed by atoms with Crippen molar-refractivity contribution in [3.8, 4) is 11.3 Å². The highest BCUT2D eigenvalue weighted by Gasteiger charge is 2.20. The highest BCUT2D eigenvalue weighted by Crippen LogP contribution is 2.26. The van der Waals surface area contributed by atoms with Crippen LogP contribution in [0.25, 0.3) is 32.5 Å². The first-order valence-electron chi connectivity index (χ1n) is 9.79. The molecule has 0 aliphatic rings. The summed E-state index contributed by atoms with van der Waals surface area (Å²) in [7, 11) is -6.00. The zero-order chi connectivity index (χ0) is 23.6. The van der Waals surface area contributed by atoms with Crippen molar-refractivity contribution in [2.75, 3.05) is 0 Å². The van der Waals surface area contributed by atoms with Crippen LogP contribution in [0.3, 0.4) is 0 Å². The van der Waals surface area contributed by atoms with E-state index in [2.05, 4.69) is 30.1 Å². The van der Waals surface area contributed by atoms with Gasteiger partial charge in [0.2, 0.25) is 0 Å². The summed E-state index contributed by atoms with van der Waals surface area (Å²) in [5.41, 5.74) is 4.09. The molecule has 3 nitrogen and oxygen atoms in total. The van der Waals surface area contributed by atoms with E-state index in [0.29, 0.717) is 5.02 Å². The molecule has 0 aliphatic heterocycles. The first-order valence-corrected chi connectivity index (χ1v) is 11.0. The van der Waals surface area contributed by atoms with Crippen molar-refractivity contribution in [2.24, 2.45) is 4.99 Å². The molecule has 0 amide bonds. The molecule has 168 valence electrons. The maximum Gasteiger partial charge on any atom is 0.673 e. The van der Waals surface area contributed by atoms with Crippen LogP contribution in [0, 0.1) is 6.92 Å². The number of aromatic nitrogens is 1. The lowest BCUT2D eigenvalue weighted by Gasteiger charge is -2.03. The molecule has 0 spiro atoms. The molecule has 33 heavy (non-hydrogen) atoms. The minimum atomic E-state index is -6.00. The number of rotatable bonds is 2. The van der Waals surface area contributed by atoms with Crippen molar-refractivity contribution in [3.63, 3.8) is 0 Å². The van der Waals surface area contributed by atoms with Crippen LogP contribution in [-0.4, -0.2) is 7.25 Å². The van der Waals surface area contributed by atoms with Crippen molar-refractivity contribution in [1.82, 2.24) is 0 Å². The number of thiazole rings is 1. The van der Waals surface area contributed by atoms with E-state index < -0.39 is 7.25 Å². The average molecular weight is 491 g/mol. The number of aryl methyl sites for hydroxylation is 1. The standard InChI is InChI=1S/C23H15ClN2OS.BF4/c1-14-6-11-18-22(12-14)28-23(25-18)26-19-13-21(15-7-9-16(24)10-8-15)27-20-5-3-2-4-17(19)20;2-1(3,4)5/h2-13H,1H3;/q;-1/p+1. The van der Waals surface area contributed by atoms with Gasteiger partial charge in [-0.25, -0.2) is 4.98 Å². The highest BCUT2D eigenvalue weighted by molar-refractivity contribution is 7.21. The van der Waals surface area contributed by atoms with E-state index in [4.69, 9.17) is 21.0 Å². The third-order valence-electron chi connectivity index (χ3n) is 4.59.